The predicted octanol–water partition coefficient (Wildman–Crippen LogP) is 2.71. The normalized spacial score (nSPS) is 11.4. The van der Waals surface area contributed by atoms with Gasteiger partial charge in [0.05, 0.1) is 6.61 Å². The van der Waals surface area contributed by atoms with Gasteiger partial charge in [0.15, 0.2) is 0 Å². The van der Waals surface area contributed by atoms with E-state index in [4.69, 9.17) is 4.74 Å². The van der Waals surface area contributed by atoms with E-state index >= 15 is 0 Å². The molecule has 0 rings (SSSR count). The molecule has 0 aliphatic carbocycles. The van der Waals surface area contributed by atoms with Crippen LogP contribution in [-0.2, 0) is 4.74 Å². The standard InChI is InChI=1S/C9H17NOS/c1-5-6-7-11-8(2)9(10-3)12-4/h2,5-7H2,1,3-4H3. The fraction of sp³-hybridized carbons (Fsp3) is 0.667. The predicted molar refractivity (Wildman–Crippen MR) is 56.9 cm³/mol. The molecule has 3 heteroatoms. The van der Waals surface area contributed by atoms with Gasteiger partial charge in [0.1, 0.15) is 10.8 Å². The lowest BCUT2D eigenvalue weighted by Crippen LogP contribution is -2.02. The van der Waals surface area contributed by atoms with Crippen molar-refractivity contribution < 1.29 is 4.74 Å². The third-order valence-electron chi connectivity index (χ3n) is 1.41. The Kier molecular flexibility index (Phi) is 6.96. The van der Waals surface area contributed by atoms with Crippen molar-refractivity contribution in [3.8, 4) is 0 Å². The molecule has 0 saturated carbocycles. The highest BCUT2D eigenvalue weighted by Crippen LogP contribution is 2.09. The molecular weight excluding hydrogens is 170 g/mol. The smallest absolute Gasteiger partial charge is 0.143 e. The molecule has 0 N–H and O–H groups in total. The lowest BCUT2D eigenvalue weighted by molar-refractivity contribution is 0.228. The number of rotatable bonds is 5. The van der Waals surface area contributed by atoms with Crippen LogP contribution >= 0.6 is 11.8 Å². The fourth-order valence-electron chi connectivity index (χ4n) is 0.731. The molecule has 0 aliphatic rings. The maximum Gasteiger partial charge on any atom is 0.143 e. The second-order valence-corrected chi connectivity index (χ2v) is 3.15. The molecule has 0 amide bonds. The second kappa shape index (κ2) is 7.22. The van der Waals surface area contributed by atoms with Crippen molar-refractivity contribution in [1.29, 1.82) is 0 Å². The quantitative estimate of drug-likeness (QED) is 0.286. The molecular formula is C9H17NOS. The van der Waals surface area contributed by atoms with E-state index in [1.165, 1.54) is 0 Å². The van der Waals surface area contributed by atoms with Gasteiger partial charge in [-0.25, -0.2) is 0 Å². The molecule has 70 valence electrons. The van der Waals surface area contributed by atoms with Crippen LogP contribution in [0.2, 0.25) is 0 Å². The van der Waals surface area contributed by atoms with Gasteiger partial charge in [-0.3, -0.25) is 4.99 Å². The maximum atomic E-state index is 5.38. The summed E-state index contributed by atoms with van der Waals surface area (Å²) in [6.45, 7) is 6.67. The average Bonchev–Trinajstić information content (AvgIpc) is 2.07. The highest BCUT2D eigenvalue weighted by Gasteiger charge is 2.01. The Balaban J connectivity index is 3.71. The molecule has 0 unspecified atom stereocenters. The van der Waals surface area contributed by atoms with Crippen LogP contribution in [-0.4, -0.2) is 25.0 Å². The third kappa shape index (κ3) is 4.44. The monoisotopic (exact) mass is 187 g/mol. The summed E-state index contributed by atoms with van der Waals surface area (Å²) >= 11 is 1.56. The molecule has 0 fully saturated rings. The molecule has 0 aliphatic heterocycles. The van der Waals surface area contributed by atoms with Crippen LogP contribution in [0.4, 0.5) is 0 Å². The topological polar surface area (TPSA) is 21.6 Å². The molecule has 0 saturated heterocycles. The van der Waals surface area contributed by atoms with Crippen LogP contribution in [0.25, 0.3) is 0 Å². The summed E-state index contributed by atoms with van der Waals surface area (Å²) in [4.78, 5) is 4.04. The van der Waals surface area contributed by atoms with E-state index in [1.807, 2.05) is 6.26 Å². The van der Waals surface area contributed by atoms with Crippen LogP contribution in [0.1, 0.15) is 19.8 Å². The summed E-state index contributed by atoms with van der Waals surface area (Å²) in [5.74, 6) is 0.693. The van der Waals surface area contributed by atoms with Crippen molar-refractivity contribution in [3.63, 3.8) is 0 Å². The molecule has 0 radical (unpaired) electrons. The van der Waals surface area contributed by atoms with Crippen LogP contribution in [0.15, 0.2) is 17.3 Å². The summed E-state index contributed by atoms with van der Waals surface area (Å²) < 4.78 is 5.38. The van der Waals surface area contributed by atoms with Crippen molar-refractivity contribution in [3.05, 3.63) is 12.3 Å². The Bertz CT molecular complexity index is 166. The summed E-state index contributed by atoms with van der Waals surface area (Å²) in [5.41, 5.74) is 0. The molecule has 0 aromatic carbocycles. The summed E-state index contributed by atoms with van der Waals surface area (Å²) in [6.07, 6.45) is 4.19. The minimum atomic E-state index is 0.693. The molecule has 0 aromatic heterocycles. The summed E-state index contributed by atoms with van der Waals surface area (Å²) in [6, 6.07) is 0. The van der Waals surface area contributed by atoms with Gasteiger partial charge in [-0.15, -0.1) is 11.8 Å². The van der Waals surface area contributed by atoms with Gasteiger partial charge in [0.2, 0.25) is 0 Å². The summed E-state index contributed by atoms with van der Waals surface area (Å²) in [5, 5.41) is 0.881. The number of nitrogens with zero attached hydrogens (tertiary/aromatic N) is 1. The Hall–Kier alpha value is -0.440. The van der Waals surface area contributed by atoms with Crippen molar-refractivity contribution in [2.24, 2.45) is 4.99 Å². The van der Waals surface area contributed by atoms with Gasteiger partial charge < -0.3 is 4.74 Å². The van der Waals surface area contributed by atoms with Gasteiger partial charge in [-0.2, -0.15) is 0 Å². The molecule has 0 bridgehead atoms. The van der Waals surface area contributed by atoms with E-state index in [0.717, 1.165) is 24.5 Å². The Morgan fingerprint density at radius 1 is 1.58 bits per heavy atom. The third-order valence-corrected chi connectivity index (χ3v) is 2.21. The maximum absolute atomic E-state index is 5.38. The first kappa shape index (κ1) is 11.6. The zero-order valence-electron chi connectivity index (χ0n) is 8.09. The first-order valence-corrected chi connectivity index (χ1v) is 5.31. The zero-order valence-corrected chi connectivity index (χ0v) is 8.91. The van der Waals surface area contributed by atoms with Crippen molar-refractivity contribution in [2.45, 2.75) is 19.8 Å². The number of unbranched alkanes of at least 4 members (excludes halogenated alkanes) is 1. The minimum absolute atomic E-state index is 0.693. The molecule has 2 nitrogen and oxygen atoms in total. The minimum Gasteiger partial charge on any atom is -0.491 e. The number of ether oxygens (including phenoxy) is 1. The van der Waals surface area contributed by atoms with Gasteiger partial charge in [-0.05, 0) is 12.7 Å². The molecule has 0 spiro atoms. The number of thioether (sulfide) groups is 1. The average molecular weight is 187 g/mol. The van der Waals surface area contributed by atoms with Crippen LogP contribution in [0.5, 0.6) is 0 Å². The van der Waals surface area contributed by atoms with E-state index in [2.05, 4.69) is 18.5 Å². The lowest BCUT2D eigenvalue weighted by Gasteiger charge is -2.08. The van der Waals surface area contributed by atoms with Gasteiger partial charge in [-0.1, -0.05) is 19.9 Å². The highest BCUT2D eigenvalue weighted by molar-refractivity contribution is 8.13. The van der Waals surface area contributed by atoms with E-state index in [1.54, 1.807) is 18.8 Å². The fourth-order valence-corrected chi connectivity index (χ4v) is 1.20. The Morgan fingerprint density at radius 3 is 2.67 bits per heavy atom. The lowest BCUT2D eigenvalue weighted by atomic mass is 10.4. The van der Waals surface area contributed by atoms with Gasteiger partial charge in [0, 0.05) is 7.05 Å². The van der Waals surface area contributed by atoms with Crippen LogP contribution < -0.4 is 0 Å². The van der Waals surface area contributed by atoms with E-state index in [-0.39, 0.29) is 0 Å². The number of hydrogen-bond acceptors (Lipinski definition) is 3. The zero-order chi connectivity index (χ0) is 9.40. The number of hydrogen-bond donors (Lipinski definition) is 0. The van der Waals surface area contributed by atoms with Crippen molar-refractivity contribution >= 4 is 16.8 Å². The van der Waals surface area contributed by atoms with Crippen molar-refractivity contribution in [2.75, 3.05) is 19.9 Å². The molecule has 12 heavy (non-hydrogen) atoms. The highest BCUT2D eigenvalue weighted by atomic mass is 32.2. The second-order valence-electron chi connectivity index (χ2n) is 2.36. The van der Waals surface area contributed by atoms with Crippen molar-refractivity contribution in [1.82, 2.24) is 0 Å². The van der Waals surface area contributed by atoms with Crippen LogP contribution in [0.3, 0.4) is 0 Å². The first-order chi connectivity index (χ1) is 5.76. The molecule has 0 heterocycles. The Morgan fingerprint density at radius 2 is 2.25 bits per heavy atom. The van der Waals surface area contributed by atoms with Gasteiger partial charge >= 0.3 is 0 Å². The van der Waals surface area contributed by atoms with E-state index < -0.39 is 0 Å². The van der Waals surface area contributed by atoms with E-state index in [0.29, 0.717) is 5.76 Å². The molecule has 0 atom stereocenters. The van der Waals surface area contributed by atoms with Crippen LogP contribution in [0, 0.1) is 0 Å². The SMILES string of the molecule is C=C(OCCCC)C(=NC)SC. The summed E-state index contributed by atoms with van der Waals surface area (Å²) in [7, 11) is 1.75. The van der Waals surface area contributed by atoms with Gasteiger partial charge in [0.25, 0.3) is 0 Å². The Labute approximate surface area is 79.1 Å². The first-order valence-electron chi connectivity index (χ1n) is 4.09. The largest absolute Gasteiger partial charge is 0.491 e. The number of aliphatic imine (C=N–C) groups is 1. The molecule has 0 aromatic rings. The van der Waals surface area contributed by atoms with E-state index in [9.17, 15) is 0 Å².